The fraction of sp³-hybridized carbons (Fsp3) is 0.526. The van der Waals surface area contributed by atoms with Crippen molar-refractivity contribution in [2.24, 2.45) is 0 Å². The number of hydrogen-bond acceptors (Lipinski definition) is 4. The number of anilines is 1. The predicted molar refractivity (Wildman–Crippen MR) is 97.1 cm³/mol. The Labute approximate surface area is 148 Å². The van der Waals surface area contributed by atoms with E-state index < -0.39 is 0 Å². The summed E-state index contributed by atoms with van der Waals surface area (Å²) in [6, 6.07) is 4.07. The standard InChI is InChI=1S/C19H25N5O/c1-13-22-16-7-3-4-8-17(16)24(13)14-9-11-23(12-14)18-15(19(25)20-2)6-5-10-21-18/h5-6,10,14H,3-4,7-9,11-12H2,1-2H3,(H,20,25)/t14-/m1/s1. The van der Waals surface area contributed by atoms with Crippen LogP contribution in [0.2, 0.25) is 0 Å². The maximum atomic E-state index is 12.2. The van der Waals surface area contributed by atoms with Gasteiger partial charge in [-0.3, -0.25) is 4.79 Å². The number of imidazole rings is 1. The molecule has 0 spiro atoms. The van der Waals surface area contributed by atoms with E-state index in [-0.39, 0.29) is 5.91 Å². The number of hydrogen-bond donors (Lipinski definition) is 1. The topological polar surface area (TPSA) is 63.1 Å². The van der Waals surface area contributed by atoms with Crippen LogP contribution in [0, 0.1) is 6.92 Å². The van der Waals surface area contributed by atoms with Gasteiger partial charge in [0.2, 0.25) is 0 Å². The highest BCUT2D eigenvalue weighted by Gasteiger charge is 2.31. The van der Waals surface area contributed by atoms with Gasteiger partial charge in [-0.1, -0.05) is 0 Å². The number of pyridine rings is 1. The van der Waals surface area contributed by atoms with Crippen molar-refractivity contribution < 1.29 is 4.79 Å². The molecule has 1 amide bonds. The largest absolute Gasteiger partial charge is 0.355 e. The van der Waals surface area contributed by atoms with Crippen molar-refractivity contribution in [1.29, 1.82) is 0 Å². The number of aromatic nitrogens is 3. The van der Waals surface area contributed by atoms with Crippen LogP contribution >= 0.6 is 0 Å². The van der Waals surface area contributed by atoms with Crippen molar-refractivity contribution >= 4 is 11.7 Å². The number of carbonyl (C=O) groups excluding carboxylic acids is 1. The highest BCUT2D eigenvalue weighted by Crippen LogP contribution is 2.32. The highest BCUT2D eigenvalue weighted by molar-refractivity contribution is 5.98. The van der Waals surface area contributed by atoms with Gasteiger partial charge in [0.25, 0.3) is 5.91 Å². The molecule has 0 unspecified atom stereocenters. The lowest BCUT2D eigenvalue weighted by atomic mass is 10.0. The van der Waals surface area contributed by atoms with E-state index in [1.54, 1.807) is 13.2 Å². The maximum absolute atomic E-state index is 12.2. The van der Waals surface area contributed by atoms with Crippen LogP contribution in [0.4, 0.5) is 5.82 Å². The fourth-order valence-electron chi connectivity index (χ4n) is 4.29. The van der Waals surface area contributed by atoms with Gasteiger partial charge >= 0.3 is 0 Å². The number of amides is 1. The zero-order chi connectivity index (χ0) is 17.4. The number of aryl methyl sites for hydroxylation is 2. The third kappa shape index (κ3) is 2.79. The Morgan fingerprint density at radius 3 is 3.00 bits per heavy atom. The van der Waals surface area contributed by atoms with Crippen LogP contribution in [0.15, 0.2) is 18.3 Å². The average Bonchev–Trinajstić information content (AvgIpc) is 3.24. The van der Waals surface area contributed by atoms with Crippen molar-refractivity contribution in [3.63, 3.8) is 0 Å². The summed E-state index contributed by atoms with van der Waals surface area (Å²) < 4.78 is 2.46. The van der Waals surface area contributed by atoms with Crippen molar-refractivity contribution in [2.75, 3.05) is 25.0 Å². The van der Waals surface area contributed by atoms with E-state index in [2.05, 4.69) is 26.7 Å². The van der Waals surface area contributed by atoms with Gasteiger partial charge in [0.1, 0.15) is 11.6 Å². The van der Waals surface area contributed by atoms with Crippen LogP contribution in [-0.2, 0) is 12.8 Å². The Bertz CT molecular complexity index is 797. The quantitative estimate of drug-likeness (QED) is 0.932. The van der Waals surface area contributed by atoms with E-state index in [0.29, 0.717) is 11.6 Å². The summed E-state index contributed by atoms with van der Waals surface area (Å²) in [4.78, 5) is 23.7. The Morgan fingerprint density at radius 2 is 2.16 bits per heavy atom. The highest BCUT2D eigenvalue weighted by atomic mass is 16.1. The number of carbonyl (C=O) groups is 1. The Balaban J connectivity index is 1.61. The molecule has 1 atom stereocenters. The zero-order valence-corrected chi connectivity index (χ0v) is 15.0. The van der Waals surface area contributed by atoms with Crippen LogP contribution in [0.1, 0.15) is 52.9 Å². The first-order valence-corrected chi connectivity index (χ1v) is 9.17. The monoisotopic (exact) mass is 339 g/mol. The second kappa shape index (κ2) is 6.50. The van der Waals surface area contributed by atoms with Gasteiger partial charge in [0.05, 0.1) is 17.3 Å². The number of nitrogens with zero attached hydrogens (tertiary/aromatic N) is 4. The zero-order valence-electron chi connectivity index (χ0n) is 15.0. The molecule has 2 aliphatic rings. The molecule has 0 saturated carbocycles. The Hall–Kier alpha value is -2.37. The lowest BCUT2D eigenvalue weighted by Crippen LogP contribution is -2.27. The first kappa shape index (κ1) is 16.1. The molecule has 4 rings (SSSR count). The van der Waals surface area contributed by atoms with Crippen molar-refractivity contribution in [3.05, 3.63) is 41.1 Å². The molecule has 0 aromatic carbocycles. The van der Waals surface area contributed by atoms with Gasteiger partial charge in [-0.05, 0) is 51.2 Å². The summed E-state index contributed by atoms with van der Waals surface area (Å²) in [5.41, 5.74) is 3.38. The Morgan fingerprint density at radius 1 is 1.32 bits per heavy atom. The van der Waals surface area contributed by atoms with Crippen molar-refractivity contribution in [2.45, 2.75) is 45.1 Å². The molecular weight excluding hydrogens is 314 g/mol. The summed E-state index contributed by atoms with van der Waals surface area (Å²) in [6.07, 6.45) is 7.59. The van der Waals surface area contributed by atoms with Gasteiger partial charge < -0.3 is 14.8 Å². The van der Waals surface area contributed by atoms with E-state index in [0.717, 1.165) is 44.0 Å². The van der Waals surface area contributed by atoms with Crippen LogP contribution in [-0.4, -0.2) is 40.6 Å². The SMILES string of the molecule is CNC(=O)c1cccnc1N1CC[C@@H](n2c(C)nc3c2CCCC3)C1. The number of rotatable bonds is 3. The average molecular weight is 339 g/mol. The van der Waals surface area contributed by atoms with Crippen LogP contribution in [0.3, 0.4) is 0 Å². The molecular formula is C19H25N5O. The molecule has 6 heteroatoms. The predicted octanol–water partition coefficient (Wildman–Crippen LogP) is 2.28. The van der Waals surface area contributed by atoms with Crippen LogP contribution in [0.5, 0.6) is 0 Å². The van der Waals surface area contributed by atoms with Gasteiger partial charge in [-0.2, -0.15) is 0 Å². The lowest BCUT2D eigenvalue weighted by molar-refractivity contribution is 0.0963. The number of nitrogens with one attached hydrogen (secondary N) is 1. The summed E-state index contributed by atoms with van der Waals surface area (Å²) in [7, 11) is 1.66. The summed E-state index contributed by atoms with van der Waals surface area (Å²) in [5.74, 6) is 1.84. The van der Waals surface area contributed by atoms with Crippen molar-refractivity contribution in [1.82, 2.24) is 19.9 Å². The summed E-state index contributed by atoms with van der Waals surface area (Å²) in [5, 5.41) is 2.71. The van der Waals surface area contributed by atoms with E-state index in [1.807, 2.05) is 12.1 Å². The fourth-order valence-corrected chi connectivity index (χ4v) is 4.29. The molecule has 132 valence electrons. The molecule has 1 aliphatic carbocycles. The molecule has 1 aliphatic heterocycles. The minimum atomic E-state index is -0.0808. The molecule has 1 saturated heterocycles. The van der Waals surface area contributed by atoms with E-state index in [1.165, 1.54) is 24.2 Å². The molecule has 25 heavy (non-hydrogen) atoms. The van der Waals surface area contributed by atoms with Gasteiger partial charge in [0, 0.05) is 32.0 Å². The van der Waals surface area contributed by atoms with Gasteiger partial charge in [-0.25, -0.2) is 9.97 Å². The first-order chi connectivity index (χ1) is 12.2. The summed E-state index contributed by atoms with van der Waals surface area (Å²) >= 11 is 0. The minimum Gasteiger partial charge on any atom is -0.355 e. The molecule has 0 bridgehead atoms. The second-order valence-corrected chi connectivity index (χ2v) is 6.97. The molecule has 1 fully saturated rings. The van der Waals surface area contributed by atoms with Crippen LogP contribution < -0.4 is 10.2 Å². The molecule has 0 radical (unpaired) electrons. The third-order valence-electron chi connectivity index (χ3n) is 5.43. The van der Waals surface area contributed by atoms with Crippen molar-refractivity contribution in [3.8, 4) is 0 Å². The Kier molecular flexibility index (Phi) is 4.19. The van der Waals surface area contributed by atoms with E-state index in [9.17, 15) is 4.79 Å². The molecule has 1 N–H and O–H groups in total. The molecule has 2 aromatic rings. The van der Waals surface area contributed by atoms with Crippen LogP contribution in [0.25, 0.3) is 0 Å². The first-order valence-electron chi connectivity index (χ1n) is 9.17. The van der Waals surface area contributed by atoms with Gasteiger partial charge in [-0.15, -0.1) is 0 Å². The molecule has 3 heterocycles. The normalized spacial score (nSPS) is 19.8. The third-order valence-corrected chi connectivity index (χ3v) is 5.43. The summed E-state index contributed by atoms with van der Waals surface area (Å²) in [6.45, 7) is 3.92. The van der Waals surface area contributed by atoms with E-state index >= 15 is 0 Å². The van der Waals surface area contributed by atoms with Gasteiger partial charge in [0.15, 0.2) is 0 Å². The molecule has 2 aromatic heterocycles. The number of fused-ring (bicyclic) bond motifs is 1. The maximum Gasteiger partial charge on any atom is 0.254 e. The van der Waals surface area contributed by atoms with E-state index in [4.69, 9.17) is 4.98 Å². The lowest BCUT2D eigenvalue weighted by Gasteiger charge is -2.22. The minimum absolute atomic E-state index is 0.0808. The smallest absolute Gasteiger partial charge is 0.254 e. The second-order valence-electron chi connectivity index (χ2n) is 6.97. The molecule has 6 nitrogen and oxygen atoms in total.